The van der Waals surface area contributed by atoms with Gasteiger partial charge in [-0.1, -0.05) is 6.92 Å². The van der Waals surface area contributed by atoms with E-state index in [1.807, 2.05) is 6.92 Å². The number of hydrogen-bond donors (Lipinski definition) is 3. The summed E-state index contributed by atoms with van der Waals surface area (Å²) in [6.45, 7) is 6.74. The van der Waals surface area contributed by atoms with Crippen LogP contribution in [0, 0.1) is 17.8 Å². The first-order valence-electron chi connectivity index (χ1n) is 10.9. The number of thioether (sulfide) groups is 1. The summed E-state index contributed by atoms with van der Waals surface area (Å²) >= 11 is 1.65. The Kier molecular flexibility index (Phi) is 5.99. The molecular formula is C21H33N3O4S. The number of likely N-dealkylation sites (tertiary alicyclic amines) is 1. The quantitative estimate of drug-likeness (QED) is 0.555. The van der Waals surface area contributed by atoms with Gasteiger partial charge in [0.2, 0.25) is 5.91 Å². The molecule has 8 heteroatoms. The fraction of sp³-hybridized carbons (Fsp3) is 0.810. The fourth-order valence-corrected chi connectivity index (χ4v) is 7.17. The van der Waals surface area contributed by atoms with Crippen molar-refractivity contribution in [1.29, 1.82) is 0 Å². The van der Waals surface area contributed by atoms with Gasteiger partial charge in [-0.15, -0.1) is 11.8 Å². The maximum absolute atomic E-state index is 12.5. The summed E-state index contributed by atoms with van der Waals surface area (Å²) in [4.78, 5) is 29.2. The van der Waals surface area contributed by atoms with Gasteiger partial charge in [-0.2, -0.15) is 0 Å². The molecule has 0 spiro atoms. The number of hydrogen-bond acceptors (Lipinski definition) is 6. The molecule has 7 nitrogen and oxygen atoms in total. The Labute approximate surface area is 176 Å². The minimum Gasteiger partial charge on any atom is -0.477 e. The van der Waals surface area contributed by atoms with Crippen molar-refractivity contribution in [2.75, 3.05) is 19.6 Å². The van der Waals surface area contributed by atoms with Crippen molar-refractivity contribution in [3.05, 3.63) is 10.6 Å². The minimum atomic E-state index is -1.03. The van der Waals surface area contributed by atoms with Crippen LogP contribution in [0.1, 0.15) is 46.0 Å². The molecule has 0 aromatic carbocycles. The standard InChI is InChI=1S/C21H33N3O4S/c1-11-17-16(12(2)25)20(26)24(17)18(21(27)28)19(11)29-15-7-8-23(10-15)9-13-3-5-14(22)6-4-13/h11-17,25H,3-10,22H2,1-2H3,(H,27,28)/t11-,12-,13-,14-,15-,16-,17-/m1/s1. The van der Waals surface area contributed by atoms with Crippen molar-refractivity contribution >= 4 is 23.6 Å². The zero-order chi connectivity index (χ0) is 20.9. The minimum absolute atomic E-state index is 0.0442. The smallest absolute Gasteiger partial charge is 0.353 e. The summed E-state index contributed by atoms with van der Waals surface area (Å²) in [5.74, 6) is -1.10. The fourth-order valence-electron chi connectivity index (χ4n) is 5.65. The van der Waals surface area contributed by atoms with Gasteiger partial charge in [0.15, 0.2) is 0 Å². The number of amides is 1. The molecule has 1 saturated carbocycles. The molecule has 2 saturated heterocycles. The summed E-state index contributed by atoms with van der Waals surface area (Å²) in [6, 6.07) is 0.150. The van der Waals surface area contributed by atoms with E-state index < -0.39 is 18.0 Å². The van der Waals surface area contributed by atoms with E-state index in [4.69, 9.17) is 5.73 Å². The van der Waals surface area contributed by atoms with Gasteiger partial charge in [-0.25, -0.2) is 4.79 Å². The summed E-state index contributed by atoms with van der Waals surface area (Å²) in [7, 11) is 0. The summed E-state index contributed by atoms with van der Waals surface area (Å²) in [5.41, 5.74) is 6.17. The van der Waals surface area contributed by atoms with Crippen molar-refractivity contribution in [3.8, 4) is 0 Å². The summed E-state index contributed by atoms with van der Waals surface area (Å²) in [6.07, 6.45) is 4.95. The number of nitrogens with two attached hydrogens (primary N) is 1. The number of rotatable bonds is 6. The molecule has 1 amide bonds. The normalized spacial score (nSPS) is 38.9. The van der Waals surface area contributed by atoms with Gasteiger partial charge in [0, 0.05) is 35.2 Å². The van der Waals surface area contributed by atoms with Gasteiger partial charge in [0.25, 0.3) is 0 Å². The van der Waals surface area contributed by atoms with Gasteiger partial charge in [-0.3, -0.25) is 4.79 Å². The van der Waals surface area contributed by atoms with Gasteiger partial charge in [-0.05, 0) is 51.5 Å². The monoisotopic (exact) mass is 423 g/mol. The Morgan fingerprint density at radius 1 is 1.28 bits per heavy atom. The topological polar surface area (TPSA) is 107 Å². The molecule has 3 heterocycles. The third-order valence-corrected chi connectivity index (χ3v) is 8.78. The Balaban J connectivity index is 1.40. The number of carboxylic acids is 1. The van der Waals surface area contributed by atoms with E-state index >= 15 is 0 Å². The molecule has 5 atom stereocenters. The number of aliphatic hydroxyl groups is 1. The molecule has 4 rings (SSSR count). The maximum atomic E-state index is 12.5. The maximum Gasteiger partial charge on any atom is 0.353 e. The third kappa shape index (κ3) is 3.84. The van der Waals surface area contributed by atoms with E-state index in [0.717, 1.165) is 49.7 Å². The van der Waals surface area contributed by atoms with Crippen LogP contribution >= 0.6 is 11.8 Å². The lowest BCUT2D eigenvalue weighted by atomic mass is 9.79. The van der Waals surface area contributed by atoms with Crippen LogP contribution in [0.2, 0.25) is 0 Å². The Morgan fingerprint density at radius 2 is 1.97 bits per heavy atom. The van der Waals surface area contributed by atoms with E-state index in [9.17, 15) is 19.8 Å². The highest BCUT2D eigenvalue weighted by Crippen LogP contribution is 2.51. The van der Waals surface area contributed by atoms with E-state index in [2.05, 4.69) is 4.90 Å². The second-order valence-electron chi connectivity index (χ2n) is 9.34. The molecule has 1 aliphatic carbocycles. The number of aliphatic hydroxyl groups excluding tert-OH is 1. The molecule has 3 aliphatic heterocycles. The highest BCUT2D eigenvalue weighted by molar-refractivity contribution is 8.03. The van der Waals surface area contributed by atoms with Gasteiger partial charge >= 0.3 is 5.97 Å². The number of fused-ring (bicyclic) bond motifs is 1. The zero-order valence-electron chi connectivity index (χ0n) is 17.3. The zero-order valence-corrected chi connectivity index (χ0v) is 18.1. The lowest BCUT2D eigenvalue weighted by Crippen LogP contribution is -2.63. The van der Waals surface area contributed by atoms with E-state index in [1.54, 1.807) is 18.7 Å². The number of β-lactam (4-membered cyclic amide) rings is 1. The SMILES string of the molecule is C[C@@H](O)[C@H]1C(=O)N2C(C(=O)O)=C(S[C@@H]3CCN(C[C@H]4CC[C@H](N)CC4)C3)[C@H](C)[C@H]12. The van der Waals surface area contributed by atoms with Crippen molar-refractivity contribution < 1.29 is 19.8 Å². The average Bonchev–Trinajstić information content (AvgIpc) is 3.18. The van der Waals surface area contributed by atoms with Crippen LogP contribution in [0.5, 0.6) is 0 Å². The lowest BCUT2D eigenvalue weighted by Gasteiger charge is -2.46. The van der Waals surface area contributed by atoms with Gasteiger partial charge in [0.1, 0.15) is 5.70 Å². The van der Waals surface area contributed by atoms with E-state index in [-0.39, 0.29) is 23.6 Å². The van der Waals surface area contributed by atoms with E-state index in [0.29, 0.717) is 11.3 Å². The second-order valence-corrected chi connectivity index (χ2v) is 10.7. The van der Waals surface area contributed by atoms with Crippen molar-refractivity contribution in [1.82, 2.24) is 9.80 Å². The average molecular weight is 424 g/mol. The van der Waals surface area contributed by atoms with Crippen LogP contribution in [0.15, 0.2) is 10.6 Å². The first-order chi connectivity index (χ1) is 13.8. The van der Waals surface area contributed by atoms with Crippen LogP contribution in [0.3, 0.4) is 0 Å². The van der Waals surface area contributed by atoms with Crippen LogP contribution in [0.25, 0.3) is 0 Å². The molecule has 29 heavy (non-hydrogen) atoms. The van der Waals surface area contributed by atoms with Crippen LogP contribution < -0.4 is 5.73 Å². The van der Waals surface area contributed by atoms with Crippen LogP contribution in [-0.4, -0.2) is 75.0 Å². The lowest BCUT2D eigenvalue weighted by molar-refractivity contribution is -0.163. The van der Waals surface area contributed by atoms with E-state index in [1.165, 1.54) is 17.7 Å². The highest BCUT2D eigenvalue weighted by atomic mass is 32.2. The largest absolute Gasteiger partial charge is 0.477 e. The molecule has 0 radical (unpaired) electrons. The molecule has 0 aromatic heterocycles. The number of carboxylic acid groups (broad SMARTS) is 1. The number of nitrogens with zero attached hydrogens (tertiary/aromatic N) is 2. The molecule has 0 aromatic rings. The van der Waals surface area contributed by atoms with Crippen molar-refractivity contribution in [2.24, 2.45) is 23.5 Å². The second kappa shape index (κ2) is 8.21. The van der Waals surface area contributed by atoms with Gasteiger partial charge < -0.3 is 25.7 Å². The highest BCUT2D eigenvalue weighted by Gasteiger charge is 2.60. The molecule has 4 aliphatic rings. The summed E-state index contributed by atoms with van der Waals surface area (Å²) in [5, 5.41) is 20.1. The summed E-state index contributed by atoms with van der Waals surface area (Å²) < 4.78 is 0. The first-order valence-corrected chi connectivity index (χ1v) is 11.8. The number of aliphatic carboxylic acids is 1. The Bertz CT molecular complexity index is 704. The Hall–Kier alpha value is -1.09. The van der Waals surface area contributed by atoms with Crippen molar-refractivity contribution in [2.45, 2.75) is 69.4 Å². The Morgan fingerprint density at radius 3 is 2.59 bits per heavy atom. The molecule has 0 unspecified atom stereocenters. The first kappa shape index (κ1) is 21.2. The number of carbonyl (C=O) groups excluding carboxylic acids is 1. The van der Waals surface area contributed by atoms with Crippen molar-refractivity contribution in [3.63, 3.8) is 0 Å². The third-order valence-electron chi connectivity index (χ3n) is 7.24. The predicted molar refractivity (Wildman–Crippen MR) is 112 cm³/mol. The number of carbonyl (C=O) groups is 2. The predicted octanol–water partition coefficient (Wildman–Crippen LogP) is 1.47. The van der Waals surface area contributed by atoms with Crippen LogP contribution in [-0.2, 0) is 9.59 Å². The molecule has 4 N–H and O–H groups in total. The molecule has 3 fully saturated rings. The van der Waals surface area contributed by atoms with Crippen LogP contribution in [0.4, 0.5) is 0 Å². The molecule has 162 valence electrons. The molecule has 0 bridgehead atoms. The van der Waals surface area contributed by atoms with Gasteiger partial charge in [0.05, 0.1) is 18.1 Å². The molecular weight excluding hydrogens is 390 g/mol.